The first-order valence-electron chi connectivity index (χ1n) is 4.19. The molecule has 5 heteroatoms. The lowest BCUT2D eigenvalue weighted by molar-refractivity contribution is -0.136. The van der Waals surface area contributed by atoms with Crippen LogP contribution in [-0.2, 0) is 16.0 Å². The van der Waals surface area contributed by atoms with Crippen molar-refractivity contribution in [2.45, 2.75) is 12.8 Å². The van der Waals surface area contributed by atoms with Crippen molar-refractivity contribution in [3.8, 4) is 0 Å². The Labute approximate surface area is 80.7 Å². The number of aliphatic carboxylic acids is 1. The second-order valence-electron chi connectivity index (χ2n) is 2.75. The summed E-state index contributed by atoms with van der Waals surface area (Å²) in [5.41, 5.74) is 0. The topological polar surface area (TPSA) is 79.5 Å². The van der Waals surface area contributed by atoms with Gasteiger partial charge in [0.25, 0.3) is 0 Å². The van der Waals surface area contributed by atoms with Crippen LogP contribution in [0.1, 0.15) is 12.2 Å². The minimum Gasteiger partial charge on any atom is -0.481 e. The largest absolute Gasteiger partial charge is 0.481 e. The first-order valence-corrected chi connectivity index (χ1v) is 4.19. The Kier molecular flexibility index (Phi) is 3.72. The van der Waals surface area contributed by atoms with Crippen LogP contribution in [-0.4, -0.2) is 23.5 Å². The number of carbonyl (C=O) groups excluding carboxylic acids is 1. The number of carboxylic acid groups (broad SMARTS) is 1. The smallest absolute Gasteiger partial charge is 0.305 e. The van der Waals surface area contributed by atoms with Gasteiger partial charge in [0.15, 0.2) is 0 Å². The summed E-state index contributed by atoms with van der Waals surface area (Å²) >= 11 is 0. The number of furan rings is 1. The monoisotopic (exact) mass is 197 g/mol. The quantitative estimate of drug-likeness (QED) is 0.716. The SMILES string of the molecule is O=C(O)CCNC(=O)Cc1ccco1. The van der Waals surface area contributed by atoms with E-state index in [9.17, 15) is 9.59 Å². The Balaban J connectivity index is 2.20. The van der Waals surface area contributed by atoms with Crippen LogP contribution >= 0.6 is 0 Å². The van der Waals surface area contributed by atoms with Crippen LogP contribution in [0.3, 0.4) is 0 Å². The fourth-order valence-electron chi connectivity index (χ4n) is 0.943. The van der Waals surface area contributed by atoms with Crippen molar-refractivity contribution in [1.82, 2.24) is 5.32 Å². The van der Waals surface area contributed by atoms with Gasteiger partial charge in [-0.1, -0.05) is 0 Å². The van der Waals surface area contributed by atoms with Crippen LogP contribution in [0.5, 0.6) is 0 Å². The Morgan fingerprint density at radius 2 is 2.29 bits per heavy atom. The third-order valence-corrected chi connectivity index (χ3v) is 1.58. The molecule has 1 rings (SSSR count). The van der Waals surface area contributed by atoms with Gasteiger partial charge in [0.05, 0.1) is 19.1 Å². The van der Waals surface area contributed by atoms with Crippen LogP contribution in [0.4, 0.5) is 0 Å². The molecule has 1 heterocycles. The van der Waals surface area contributed by atoms with E-state index in [0.29, 0.717) is 5.76 Å². The molecule has 0 aliphatic carbocycles. The Morgan fingerprint density at radius 1 is 1.50 bits per heavy atom. The highest BCUT2D eigenvalue weighted by Crippen LogP contribution is 2.00. The molecule has 0 saturated carbocycles. The maximum absolute atomic E-state index is 11.1. The summed E-state index contributed by atoms with van der Waals surface area (Å²) in [4.78, 5) is 21.3. The first kappa shape index (κ1) is 10.3. The van der Waals surface area contributed by atoms with E-state index < -0.39 is 5.97 Å². The fourth-order valence-corrected chi connectivity index (χ4v) is 0.943. The van der Waals surface area contributed by atoms with Gasteiger partial charge in [0, 0.05) is 6.54 Å². The molecule has 0 spiro atoms. The van der Waals surface area contributed by atoms with Gasteiger partial charge in [0.2, 0.25) is 5.91 Å². The van der Waals surface area contributed by atoms with Crippen molar-refractivity contribution in [3.05, 3.63) is 24.2 Å². The maximum Gasteiger partial charge on any atom is 0.305 e. The van der Waals surface area contributed by atoms with E-state index in [4.69, 9.17) is 9.52 Å². The van der Waals surface area contributed by atoms with Gasteiger partial charge in [-0.15, -0.1) is 0 Å². The van der Waals surface area contributed by atoms with Gasteiger partial charge in [0.1, 0.15) is 5.76 Å². The molecular weight excluding hydrogens is 186 g/mol. The summed E-state index contributed by atoms with van der Waals surface area (Å²) in [5.74, 6) is -0.595. The first-order chi connectivity index (χ1) is 6.68. The Bertz CT molecular complexity index is 305. The molecule has 76 valence electrons. The molecular formula is C9H11NO4. The molecule has 1 aromatic rings. The molecule has 0 fully saturated rings. The van der Waals surface area contributed by atoms with Gasteiger partial charge >= 0.3 is 5.97 Å². The van der Waals surface area contributed by atoms with Crippen molar-refractivity contribution >= 4 is 11.9 Å². The molecule has 0 saturated heterocycles. The van der Waals surface area contributed by atoms with Gasteiger partial charge in [-0.05, 0) is 12.1 Å². The minimum atomic E-state index is -0.928. The molecule has 0 aromatic carbocycles. The lowest BCUT2D eigenvalue weighted by Gasteiger charge is -2.00. The number of hydrogen-bond donors (Lipinski definition) is 2. The zero-order valence-electron chi connectivity index (χ0n) is 7.53. The second kappa shape index (κ2) is 5.06. The van der Waals surface area contributed by atoms with Crippen molar-refractivity contribution in [1.29, 1.82) is 0 Å². The summed E-state index contributed by atoms with van der Waals surface area (Å²) in [7, 11) is 0. The number of amides is 1. The van der Waals surface area contributed by atoms with Gasteiger partial charge in [-0.3, -0.25) is 9.59 Å². The molecule has 0 radical (unpaired) electrons. The van der Waals surface area contributed by atoms with E-state index in [-0.39, 0.29) is 25.3 Å². The number of carboxylic acids is 1. The highest BCUT2D eigenvalue weighted by Gasteiger charge is 2.05. The van der Waals surface area contributed by atoms with E-state index in [1.807, 2.05) is 0 Å². The Morgan fingerprint density at radius 3 is 2.86 bits per heavy atom. The van der Waals surface area contributed by atoms with E-state index >= 15 is 0 Å². The third-order valence-electron chi connectivity index (χ3n) is 1.58. The summed E-state index contributed by atoms with van der Waals surface area (Å²) in [6, 6.07) is 3.39. The molecule has 0 aliphatic heterocycles. The molecule has 2 N–H and O–H groups in total. The molecule has 0 atom stereocenters. The normalized spacial score (nSPS) is 9.71. The lowest BCUT2D eigenvalue weighted by atomic mass is 10.3. The van der Waals surface area contributed by atoms with E-state index in [0.717, 1.165) is 0 Å². The van der Waals surface area contributed by atoms with Crippen LogP contribution in [0.2, 0.25) is 0 Å². The summed E-state index contributed by atoms with van der Waals surface area (Å²) in [6.07, 6.45) is 1.57. The number of hydrogen-bond acceptors (Lipinski definition) is 3. The molecule has 5 nitrogen and oxygen atoms in total. The summed E-state index contributed by atoms with van der Waals surface area (Å²) < 4.78 is 4.95. The molecule has 1 aromatic heterocycles. The summed E-state index contributed by atoms with van der Waals surface area (Å²) in [6.45, 7) is 0.148. The highest BCUT2D eigenvalue weighted by molar-refractivity contribution is 5.78. The number of carbonyl (C=O) groups is 2. The number of rotatable bonds is 5. The van der Waals surface area contributed by atoms with Crippen LogP contribution in [0, 0.1) is 0 Å². The zero-order valence-corrected chi connectivity index (χ0v) is 7.53. The lowest BCUT2D eigenvalue weighted by Crippen LogP contribution is -2.27. The van der Waals surface area contributed by atoms with Crippen LogP contribution in [0.25, 0.3) is 0 Å². The average Bonchev–Trinajstić information content (AvgIpc) is 2.56. The predicted molar refractivity (Wildman–Crippen MR) is 47.7 cm³/mol. The Hall–Kier alpha value is -1.78. The zero-order chi connectivity index (χ0) is 10.4. The van der Waals surface area contributed by atoms with Gasteiger partial charge in [-0.2, -0.15) is 0 Å². The van der Waals surface area contributed by atoms with E-state index in [1.165, 1.54) is 6.26 Å². The maximum atomic E-state index is 11.1. The minimum absolute atomic E-state index is 0.0656. The third kappa shape index (κ3) is 3.75. The van der Waals surface area contributed by atoms with Crippen LogP contribution < -0.4 is 5.32 Å². The molecule has 0 aliphatic rings. The van der Waals surface area contributed by atoms with Crippen molar-refractivity contribution in [2.75, 3.05) is 6.54 Å². The summed E-state index contributed by atoms with van der Waals surface area (Å²) in [5, 5.41) is 10.8. The molecule has 0 bridgehead atoms. The molecule has 14 heavy (non-hydrogen) atoms. The average molecular weight is 197 g/mol. The highest BCUT2D eigenvalue weighted by atomic mass is 16.4. The fraction of sp³-hybridized carbons (Fsp3) is 0.333. The van der Waals surface area contributed by atoms with Crippen molar-refractivity contribution < 1.29 is 19.1 Å². The molecule has 0 unspecified atom stereocenters. The number of nitrogens with one attached hydrogen (secondary N) is 1. The standard InChI is InChI=1S/C9H11NO4/c11-8(10-4-3-9(12)13)6-7-2-1-5-14-7/h1-2,5H,3-4,6H2,(H,10,11)(H,12,13). The van der Waals surface area contributed by atoms with Gasteiger partial charge < -0.3 is 14.8 Å². The van der Waals surface area contributed by atoms with Crippen molar-refractivity contribution in [2.24, 2.45) is 0 Å². The second-order valence-corrected chi connectivity index (χ2v) is 2.75. The van der Waals surface area contributed by atoms with Crippen molar-refractivity contribution in [3.63, 3.8) is 0 Å². The van der Waals surface area contributed by atoms with E-state index in [1.54, 1.807) is 12.1 Å². The van der Waals surface area contributed by atoms with Crippen LogP contribution in [0.15, 0.2) is 22.8 Å². The van der Waals surface area contributed by atoms with Gasteiger partial charge in [-0.25, -0.2) is 0 Å². The van der Waals surface area contributed by atoms with E-state index in [2.05, 4.69) is 5.32 Å². The molecule has 1 amide bonds. The predicted octanol–water partition coefficient (Wildman–Crippen LogP) is 0.413.